The highest BCUT2D eigenvalue weighted by Gasteiger charge is 2.19. The molecule has 0 fully saturated rings. The summed E-state index contributed by atoms with van der Waals surface area (Å²) in [5.74, 6) is 0.489. The Hall–Kier alpha value is -4.48. The second kappa shape index (κ2) is 8.47. The number of hydrogen-bond donors (Lipinski definition) is 1. The SMILES string of the molecule is Cc1nnn(/C(=C/C=N/Nc2ccc([N+](=O)[O-])cc2[N+](=O)[O-])c2ccccc2)n1. The van der Waals surface area contributed by atoms with E-state index in [-0.39, 0.29) is 11.4 Å². The molecule has 0 aliphatic carbocycles. The maximum atomic E-state index is 11.2. The molecule has 0 saturated heterocycles. The van der Waals surface area contributed by atoms with Crippen LogP contribution in [0.3, 0.4) is 0 Å². The van der Waals surface area contributed by atoms with E-state index in [2.05, 4.69) is 25.9 Å². The number of hydrazone groups is 1. The molecule has 0 radical (unpaired) electrons. The summed E-state index contributed by atoms with van der Waals surface area (Å²) < 4.78 is 0. The lowest BCUT2D eigenvalue weighted by Crippen LogP contribution is -2.04. The summed E-state index contributed by atoms with van der Waals surface area (Å²) >= 11 is 0. The molecular formula is C17H14N8O4. The van der Waals surface area contributed by atoms with Gasteiger partial charge >= 0.3 is 5.69 Å². The zero-order valence-corrected chi connectivity index (χ0v) is 15.0. The van der Waals surface area contributed by atoms with Crippen molar-refractivity contribution in [2.75, 3.05) is 5.43 Å². The van der Waals surface area contributed by atoms with Gasteiger partial charge in [-0.2, -0.15) is 5.10 Å². The highest BCUT2D eigenvalue weighted by molar-refractivity contribution is 5.84. The van der Waals surface area contributed by atoms with Gasteiger partial charge in [0.15, 0.2) is 5.82 Å². The van der Waals surface area contributed by atoms with Crippen LogP contribution in [0.15, 0.2) is 59.7 Å². The fourth-order valence-corrected chi connectivity index (χ4v) is 2.37. The molecule has 1 aromatic heterocycles. The number of allylic oxidation sites excluding steroid dienone is 1. The number of anilines is 1. The molecule has 12 heteroatoms. The Morgan fingerprint density at radius 3 is 2.52 bits per heavy atom. The Morgan fingerprint density at radius 2 is 1.90 bits per heavy atom. The zero-order valence-electron chi connectivity index (χ0n) is 15.0. The van der Waals surface area contributed by atoms with E-state index < -0.39 is 15.5 Å². The minimum atomic E-state index is -0.724. The minimum absolute atomic E-state index is 0.0150. The monoisotopic (exact) mass is 394 g/mol. The van der Waals surface area contributed by atoms with Gasteiger partial charge in [-0.3, -0.25) is 25.7 Å². The van der Waals surface area contributed by atoms with Crippen LogP contribution >= 0.6 is 0 Å². The van der Waals surface area contributed by atoms with Crippen molar-refractivity contribution in [3.63, 3.8) is 0 Å². The van der Waals surface area contributed by atoms with Crippen LogP contribution in [0.4, 0.5) is 17.1 Å². The summed E-state index contributed by atoms with van der Waals surface area (Å²) in [5, 5.41) is 37.9. The van der Waals surface area contributed by atoms with E-state index in [1.807, 2.05) is 30.3 Å². The molecule has 3 rings (SSSR count). The van der Waals surface area contributed by atoms with Crippen molar-refractivity contribution < 1.29 is 9.85 Å². The smallest absolute Gasteiger partial charge is 0.272 e. The van der Waals surface area contributed by atoms with Crippen LogP contribution in [0.2, 0.25) is 0 Å². The lowest BCUT2D eigenvalue weighted by atomic mass is 10.1. The second-order valence-electron chi connectivity index (χ2n) is 5.65. The molecule has 1 heterocycles. The number of nitrogens with zero attached hydrogens (tertiary/aromatic N) is 7. The lowest BCUT2D eigenvalue weighted by Gasteiger charge is -2.04. The zero-order chi connectivity index (χ0) is 20.8. The van der Waals surface area contributed by atoms with E-state index in [1.165, 1.54) is 17.1 Å². The summed E-state index contributed by atoms with van der Waals surface area (Å²) in [6.45, 7) is 1.70. The van der Waals surface area contributed by atoms with Crippen molar-refractivity contribution in [2.45, 2.75) is 6.92 Å². The summed E-state index contributed by atoms with van der Waals surface area (Å²) in [5.41, 5.74) is 3.07. The lowest BCUT2D eigenvalue weighted by molar-refractivity contribution is -0.393. The average Bonchev–Trinajstić information content (AvgIpc) is 3.14. The molecule has 2 aromatic carbocycles. The van der Waals surface area contributed by atoms with Gasteiger partial charge in [0.05, 0.1) is 21.6 Å². The Bertz CT molecular complexity index is 1110. The van der Waals surface area contributed by atoms with Crippen LogP contribution in [0.5, 0.6) is 0 Å². The molecule has 0 aliphatic heterocycles. The van der Waals surface area contributed by atoms with Gasteiger partial charge in [0.2, 0.25) is 0 Å². The molecule has 29 heavy (non-hydrogen) atoms. The maximum Gasteiger partial charge on any atom is 0.301 e. The van der Waals surface area contributed by atoms with E-state index in [9.17, 15) is 20.2 Å². The number of aryl methyl sites for hydroxylation is 1. The number of tetrazole rings is 1. The van der Waals surface area contributed by atoms with Crippen LogP contribution < -0.4 is 5.43 Å². The van der Waals surface area contributed by atoms with Crippen molar-refractivity contribution in [1.29, 1.82) is 0 Å². The predicted octanol–water partition coefficient (Wildman–Crippen LogP) is 2.79. The van der Waals surface area contributed by atoms with Gasteiger partial charge in [0.25, 0.3) is 5.69 Å². The van der Waals surface area contributed by atoms with Crippen LogP contribution in [-0.4, -0.2) is 36.3 Å². The normalized spacial score (nSPS) is 11.6. The number of hydrogen-bond acceptors (Lipinski definition) is 9. The van der Waals surface area contributed by atoms with Crippen molar-refractivity contribution >= 4 is 29.0 Å². The van der Waals surface area contributed by atoms with Gasteiger partial charge < -0.3 is 0 Å². The van der Waals surface area contributed by atoms with Crippen LogP contribution in [-0.2, 0) is 0 Å². The predicted molar refractivity (Wildman–Crippen MR) is 104 cm³/mol. The number of aromatic nitrogens is 4. The number of nitrogens with one attached hydrogen (secondary N) is 1. The Labute approximate surface area is 163 Å². The fourth-order valence-electron chi connectivity index (χ4n) is 2.37. The largest absolute Gasteiger partial charge is 0.301 e. The maximum absolute atomic E-state index is 11.2. The first-order valence-electron chi connectivity index (χ1n) is 8.20. The van der Waals surface area contributed by atoms with Crippen molar-refractivity contribution in [1.82, 2.24) is 20.2 Å². The summed E-state index contributed by atoms with van der Waals surface area (Å²) in [4.78, 5) is 21.9. The quantitative estimate of drug-likeness (QED) is 0.364. The number of nitro benzene ring substituents is 2. The highest BCUT2D eigenvalue weighted by Crippen LogP contribution is 2.28. The molecule has 0 saturated carbocycles. The van der Waals surface area contributed by atoms with Crippen LogP contribution in [0.25, 0.3) is 5.70 Å². The highest BCUT2D eigenvalue weighted by atomic mass is 16.6. The first kappa shape index (κ1) is 19.3. The van der Waals surface area contributed by atoms with Crippen LogP contribution in [0, 0.1) is 27.2 Å². The van der Waals surface area contributed by atoms with Gasteiger partial charge in [-0.05, 0) is 24.3 Å². The molecule has 3 aromatic rings. The first-order chi connectivity index (χ1) is 14.0. The molecule has 0 bridgehead atoms. The molecular weight excluding hydrogens is 380 g/mol. The van der Waals surface area contributed by atoms with Gasteiger partial charge in [-0.25, -0.2) is 0 Å². The standard InChI is InChI=1S/C17H14N8O4/c1-12-19-22-23(21-12)16(13-5-3-2-4-6-13)9-10-18-20-15-8-7-14(24(26)27)11-17(15)25(28)29/h2-11,20H,1H3/b16-9+,18-10+. The van der Waals surface area contributed by atoms with E-state index in [0.717, 1.165) is 17.7 Å². The fraction of sp³-hybridized carbons (Fsp3) is 0.0588. The number of rotatable bonds is 7. The summed E-state index contributed by atoms with van der Waals surface area (Å²) in [7, 11) is 0. The summed E-state index contributed by atoms with van der Waals surface area (Å²) in [6, 6.07) is 12.5. The number of non-ortho nitro benzene ring substituents is 1. The number of benzene rings is 2. The van der Waals surface area contributed by atoms with Gasteiger partial charge in [0.1, 0.15) is 5.69 Å². The van der Waals surface area contributed by atoms with Gasteiger partial charge in [-0.1, -0.05) is 30.3 Å². The first-order valence-corrected chi connectivity index (χ1v) is 8.20. The molecule has 0 amide bonds. The van der Waals surface area contributed by atoms with Crippen molar-refractivity contribution in [3.8, 4) is 0 Å². The van der Waals surface area contributed by atoms with E-state index >= 15 is 0 Å². The molecule has 0 aliphatic rings. The molecule has 146 valence electrons. The van der Waals surface area contributed by atoms with Crippen molar-refractivity contribution in [2.24, 2.45) is 5.10 Å². The van der Waals surface area contributed by atoms with Crippen molar-refractivity contribution in [3.05, 3.63) is 86.2 Å². The third-order valence-electron chi connectivity index (χ3n) is 3.68. The van der Waals surface area contributed by atoms with E-state index in [0.29, 0.717) is 11.5 Å². The second-order valence-corrected chi connectivity index (χ2v) is 5.65. The average molecular weight is 394 g/mol. The van der Waals surface area contributed by atoms with Gasteiger partial charge in [-0.15, -0.1) is 15.0 Å². The van der Waals surface area contributed by atoms with E-state index in [4.69, 9.17) is 0 Å². The third-order valence-corrected chi connectivity index (χ3v) is 3.68. The third kappa shape index (κ3) is 4.63. The Balaban J connectivity index is 1.87. The van der Waals surface area contributed by atoms with Gasteiger partial charge in [0, 0.05) is 17.8 Å². The molecule has 0 spiro atoms. The molecule has 1 N–H and O–H groups in total. The Kier molecular flexibility index (Phi) is 5.64. The van der Waals surface area contributed by atoms with E-state index in [1.54, 1.807) is 13.0 Å². The molecule has 12 nitrogen and oxygen atoms in total. The minimum Gasteiger partial charge on any atom is -0.272 e. The number of nitro groups is 2. The Morgan fingerprint density at radius 1 is 1.14 bits per heavy atom. The summed E-state index contributed by atoms with van der Waals surface area (Å²) in [6.07, 6.45) is 2.97. The molecule has 0 atom stereocenters. The topological polar surface area (TPSA) is 154 Å². The van der Waals surface area contributed by atoms with Crippen LogP contribution in [0.1, 0.15) is 11.4 Å². The molecule has 0 unspecified atom stereocenters.